The summed E-state index contributed by atoms with van der Waals surface area (Å²) < 4.78 is 15.7. The first kappa shape index (κ1) is 26.8. The fourth-order valence-electron chi connectivity index (χ4n) is 4.00. The summed E-state index contributed by atoms with van der Waals surface area (Å²) in [6.07, 6.45) is 0.549. The minimum absolute atomic E-state index is 0.0162. The number of carbonyl (C=O) groups excluding carboxylic acids is 2. The van der Waals surface area contributed by atoms with Crippen LogP contribution in [0.3, 0.4) is 0 Å². The number of esters is 1. The van der Waals surface area contributed by atoms with E-state index in [1.165, 1.54) is 24.8 Å². The molecule has 0 aromatic heterocycles. The maximum atomic E-state index is 12.1. The molecule has 0 saturated carbocycles. The van der Waals surface area contributed by atoms with Crippen molar-refractivity contribution in [2.45, 2.75) is 52.9 Å². The van der Waals surface area contributed by atoms with E-state index in [1.54, 1.807) is 0 Å². The summed E-state index contributed by atoms with van der Waals surface area (Å²) in [6, 6.07) is 11.7. The maximum absolute atomic E-state index is 12.1. The highest BCUT2D eigenvalue weighted by Crippen LogP contribution is 2.36. The minimum atomic E-state index is -0.712. The van der Waals surface area contributed by atoms with Gasteiger partial charge in [-0.2, -0.15) is 0 Å². The Balaban J connectivity index is 1.96. The van der Waals surface area contributed by atoms with Crippen molar-refractivity contribution in [3.05, 3.63) is 63.7 Å². The van der Waals surface area contributed by atoms with E-state index in [2.05, 4.69) is 51.5 Å². The van der Waals surface area contributed by atoms with Crippen LogP contribution in [-0.4, -0.2) is 37.0 Å². The molecule has 0 bridgehead atoms. The molecule has 0 fully saturated rings. The van der Waals surface area contributed by atoms with Crippen molar-refractivity contribution in [1.82, 2.24) is 0 Å². The van der Waals surface area contributed by atoms with Gasteiger partial charge in [0.2, 0.25) is 0 Å². The number of ketones is 1. The average molecular weight is 472 g/mol. The molecule has 2 aromatic rings. The molecule has 0 spiro atoms. The van der Waals surface area contributed by atoms with Gasteiger partial charge in [0, 0.05) is 11.6 Å². The number of Topliss-reactive ketones (excluding diaryl/α,β-unsaturated/α-hetero) is 1. The van der Waals surface area contributed by atoms with E-state index in [-0.39, 0.29) is 41.0 Å². The van der Waals surface area contributed by atoms with Crippen molar-refractivity contribution < 1.29 is 28.7 Å². The van der Waals surface area contributed by atoms with E-state index < -0.39 is 23.1 Å². The Morgan fingerprint density at radius 2 is 1.56 bits per heavy atom. The number of methoxy groups -OCH3 is 1. The van der Waals surface area contributed by atoms with E-state index in [4.69, 9.17) is 9.47 Å². The fourth-order valence-corrected chi connectivity index (χ4v) is 4.00. The lowest BCUT2D eigenvalue weighted by atomic mass is 9.72. The summed E-state index contributed by atoms with van der Waals surface area (Å²) in [5.41, 5.74) is 1.15. The number of carbonyl (C=O) groups is 2. The molecule has 0 saturated heterocycles. The molecule has 2 rings (SSSR count). The van der Waals surface area contributed by atoms with Gasteiger partial charge in [-0.1, -0.05) is 46.8 Å². The second-order valence-corrected chi connectivity index (χ2v) is 9.96. The second kappa shape index (κ2) is 11.1. The number of hydrogen-bond acceptors (Lipinski definition) is 7. The predicted molar refractivity (Wildman–Crippen MR) is 129 cm³/mol. The molecule has 8 nitrogen and oxygen atoms in total. The van der Waals surface area contributed by atoms with Crippen molar-refractivity contribution >= 4 is 17.4 Å². The van der Waals surface area contributed by atoms with Gasteiger partial charge in [0.15, 0.2) is 11.5 Å². The SMILES string of the molecule is COC(=O)CC(=O)c1ccc(OCCOc2ccc(C(C)(C)CC(C)(C)C)cc2)c([N+](=O)[O-])c1. The Morgan fingerprint density at radius 3 is 2.12 bits per heavy atom. The van der Waals surface area contributed by atoms with Gasteiger partial charge in [-0.3, -0.25) is 19.7 Å². The monoisotopic (exact) mass is 471 g/mol. The fraction of sp³-hybridized carbons (Fsp3) is 0.462. The smallest absolute Gasteiger partial charge is 0.313 e. The molecular formula is C26H33NO7. The van der Waals surface area contributed by atoms with Crippen LogP contribution in [0.15, 0.2) is 42.5 Å². The average Bonchev–Trinajstić information content (AvgIpc) is 2.75. The Kier molecular flexibility index (Phi) is 8.79. The second-order valence-electron chi connectivity index (χ2n) is 9.96. The largest absolute Gasteiger partial charge is 0.490 e. The van der Waals surface area contributed by atoms with Crippen molar-refractivity contribution in [3.8, 4) is 11.5 Å². The van der Waals surface area contributed by atoms with Gasteiger partial charge in [-0.05, 0) is 47.1 Å². The van der Waals surface area contributed by atoms with E-state index in [0.29, 0.717) is 5.75 Å². The summed E-state index contributed by atoms with van der Waals surface area (Å²) in [5, 5.41) is 11.4. The van der Waals surface area contributed by atoms with Crippen LogP contribution in [0.1, 0.15) is 63.4 Å². The Morgan fingerprint density at radius 1 is 0.941 bits per heavy atom. The zero-order valence-electron chi connectivity index (χ0n) is 20.7. The topological polar surface area (TPSA) is 105 Å². The highest BCUT2D eigenvalue weighted by Gasteiger charge is 2.27. The third-order valence-corrected chi connectivity index (χ3v) is 5.23. The third kappa shape index (κ3) is 7.86. The van der Waals surface area contributed by atoms with Crippen LogP contribution in [0.2, 0.25) is 0 Å². The van der Waals surface area contributed by atoms with Crippen LogP contribution in [0, 0.1) is 15.5 Å². The van der Waals surface area contributed by atoms with Crippen LogP contribution in [-0.2, 0) is 14.9 Å². The molecule has 184 valence electrons. The van der Waals surface area contributed by atoms with Gasteiger partial charge in [-0.25, -0.2) is 0 Å². The quantitative estimate of drug-likeness (QED) is 0.106. The van der Waals surface area contributed by atoms with Crippen molar-refractivity contribution in [2.75, 3.05) is 20.3 Å². The molecule has 0 heterocycles. The lowest BCUT2D eigenvalue weighted by Gasteiger charge is -2.33. The normalized spacial score (nSPS) is 11.6. The zero-order valence-corrected chi connectivity index (χ0v) is 20.7. The first-order valence-electron chi connectivity index (χ1n) is 11.1. The number of nitro benzene ring substituents is 1. The van der Waals surface area contributed by atoms with E-state index in [9.17, 15) is 19.7 Å². The number of nitro groups is 1. The summed E-state index contributed by atoms with van der Waals surface area (Å²) in [4.78, 5) is 34.2. The number of ether oxygens (including phenoxy) is 3. The molecule has 0 atom stereocenters. The third-order valence-electron chi connectivity index (χ3n) is 5.23. The summed E-state index contributed by atoms with van der Waals surface area (Å²) in [7, 11) is 1.17. The molecule has 0 amide bonds. The minimum Gasteiger partial charge on any atom is -0.490 e. The summed E-state index contributed by atoms with van der Waals surface area (Å²) in [6.45, 7) is 11.4. The Labute approximate surface area is 200 Å². The predicted octanol–water partition coefficient (Wildman–Crippen LogP) is 5.51. The molecular weight excluding hydrogens is 438 g/mol. The molecule has 0 radical (unpaired) electrons. The molecule has 34 heavy (non-hydrogen) atoms. The molecule has 0 unspecified atom stereocenters. The lowest BCUT2D eigenvalue weighted by molar-refractivity contribution is -0.385. The number of benzene rings is 2. The van der Waals surface area contributed by atoms with E-state index in [0.717, 1.165) is 12.5 Å². The van der Waals surface area contributed by atoms with Crippen LogP contribution in [0.4, 0.5) is 5.69 Å². The molecule has 0 aliphatic carbocycles. The van der Waals surface area contributed by atoms with Crippen LogP contribution in [0.25, 0.3) is 0 Å². The molecule has 0 aliphatic rings. The molecule has 8 heteroatoms. The van der Waals surface area contributed by atoms with E-state index >= 15 is 0 Å². The van der Waals surface area contributed by atoms with Crippen molar-refractivity contribution in [3.63, 3.8) is 0 Å². The summed E-state index contributed by atoms with van der Waals surface area (Å²) >= 11 is 0. The van der Waals surface area contributed by atoms with Crippen LogP contribution in [0.5, 0.6) is 11.5 Å². The molecule has 0 aliphatic heterocycles. The van der Waals surface area contributed by atoms with Gasteiger partial charge >= 0.3 is 11.7 Å². The lowest BCUT2D eigenvalue weighted by Crippen LogP contribution is -2.24. The van der Waals surface area contributed by atoms with Crippen molar-refractivity contribution in [1.29, 1.82) is 0 Å². The number of rotatable bonds is 11. The highest BCUT2D eigenvalue weighted by atomic mass is 16.6. The standard InChI is InChI=1S/C26H33NO7/c1-25(2,3)17-26(4,5)19-8-10-20(11-9-19)33-13-14-34-23-12-7-18(15-21(23)27(30)31)22(28)16-24(29)32-6/h7-12,15H,13-14,16-17H2,1-6H3. The van der Waals surface area contributed by atoms with Gasteiger partial charge in [-0.15, -0.1) is 0 Å². The first-order valence-corrected chi connectivity index (χ1v) is 11.1. The zero-order chi connectivity index (χ0) is 25.5. The maximum Gasteiger partial charge on any atom is 0.313 e. The summed E-state index contributed by atoms with van der Waals surface area (Å²) in [5.74, 6) is -0.588. The number of hydrogen-bond donors (Lipinski definition) is 0. The molecule has 2 aromatic carbocycles. The van der Waals surface area contributed by atoms with Crippen LogP contribution < -0.4 is 9.47 Å². The first-order chi connectivity index (χ1) is 15.8. The van der Waals surface area contributed by atoms with Gasteiger partial charge in [0.05, 0.1) is 12.0 Å². The van der Waals surface area contributed by atoms with E-state index in [1.807, 2.05) is 12.1 Å². The molecule has 0 N–H and O–H groups in total. The Bertz CT molecular complexity index is 1020. The number of nitrogens with zero attached hydrogens (tertiary/aromatic N) is 1. The highest BCUT2D eigenvalue weighted by molar-refractivity contribution is 6.06. The van der Waals surface area contributed by atoms with Gasteiger partial charge < -0.3 is 14.2 Å². The Hall–Kier alpha value is -3.42. The van der Waals surface area contributed by atoms with Crippen molar-refractivity contribution in [2.24, 2.45) is 5.41 Å². The van der Waals surface area contributed by atoms with Gasteiger partial charge in [0.1, 0.15) is 25.4 Å². The van der Waals surface area contributed by atoms with Crippen LogP contribution >= 0.6 is 0 Å². The van der Waals surface area contributed by atoms with Gasteiger partial charge in [0.25, 0.3) is 0 Å².